The quantitative estimate of drug-likeness (QED) is 0.768. The molecule has 1 saturated heterocycles. The predicted molar refractivity (Wildman–Crippen MR) is 80.5 cm³/mol. The van der Waals surface area contributed by atoms with Crippen LogP contribution in [0.2, 0.25) is 0 Å². The number of hydrogen-bond donors (Lipinski definition) is 2. The molecule has 0 aromatic rings. The fourth-order valence-electron chi connectivity index (χ4n) is 3.50. The third kappa shape index (κ3) is 2.32. The average Bonchev–Trinajstić information content (AvgIpc) is 2.31. The third-order valence-electron chi connectivity index (χ3n) is 5.43. The van der Waals surface area contributed by atoms with Crippen LogP contribution < -0.4 is 0 Å². The van der Waals surface area contributed by atoms with Gasteiger partial charge in [-0.3, -0.25) is 0 Å². The summed E-state index contributed by atoms with van der Waals surface area (Å²) in [5.41, 5.74) is 0. The summed E-state index contributed by atoms with van der Waals surface area (Å²) in [7, 11) is -3.16. The molecular formula is C12H30O2P2. The van der Waals surface area contributed by atoms with Crippen molar-refractivity contribution in [1.29, 1.82) is 0 Å². The molecule has 0 bridgehead atoms. The zero-order valence-electron chi connectivity index (χ0n) is 11.3. The fraction of sp³-hybridized carbons (Fsp3) is 1.00. The van der Waals surface area contributed by atoms with Crippen molar-refractivity contribution in [2.75, 3.05) is 37.0 Å². The molecular weight excluding hydrogens is 238 g/mol. The van der Waals surface area contributed by atoms with Crippen LogP contribution in [-0.2, 0) is 0 Å². The van der Waals surface area contributed by atoms with Crippen molar-refractivity contribution in [2.24, 2.45) is 0 Å². The van der Waals surface area contributed by atoms with Crippen LogP contribution in [0.5, 0.6) is 0 Å². The van der Waals surface area contributed by atoms with E-state index in [1.54, 1.807) is 0 Å². The van der Waals surface area contributed by atoms with E-state index in [9.17, 15) is 10.2 Å². The summed E-state index contributed by atoms with van der Waals surface area (Å²) in [6.45, 7) is 8.83. The summed E-state index contributed by atoms with van der Waals surface area (Å²) in [5.74, 6) is -0.0880. The molecule has 1 aliphatic rings. The van der Waals surface area contributed by atoms with Gasteiger partial charge in [0.1, 0.15) is 0 Å². The minimum atomic E-state index is -1.58. The van der Waals surface area contributed by atoms with E-state index < -0.39 is 14.5 Å². The fourth-order valence-corrected chi connectivity index (χ4v) is 15.5. The summed E-state index contributed by atoms with van der Waals surface area (Å²) in [5, 5.41) is 21.0. The molecule has 0 aromatic heterocycles. The minimum absolute atomic E-state index is 0.0440. The summed E-state index contributed by atoms with van der Waals surface area (Å²) >= 11 is 0. The van der Waals surface area contributed by atoms with Crippen LogP contribution >= 0.6 is 14.5 Å². The molecule has 1 heterocycles. The van der Waals surface area contributed by atoms with Gasteiger partial charge in [0.15, 0.2) is 0 Å². The van der Waals surface area contributed by atoms with E-state index in [4.69, 9.17) is 0 Å². The van der Waals surface area contributed by atoms with Crippen LogP contribution in [0.25, 0.3) is 0 Å². The van der Waals surface area contributed by atoms with Crippen LogP contribution in [0.1, 0.15) is 27.7 Å². The number of hydrogen-bond acceptors (Lipinski definition) is 2. The second-order valence-electron chi connectivity index (χ2n) is 5.58. The first-order valence-electron chi connectivity index (χ1n) is 6.86. The summed E-state index contributed by atoms with van der Waals surface area (Å²) in [6.07, 6.45) is 6.43. The number of aliphatic hydroxyl groups excluding tert-OH is 2. The summed E-state index contributed by atoms with van der Waals surface area (Å²) in [6, 6.07) is 0. The van der Waals surface area contributed by atoms with Gasteiger partial charge in [0.25, 0.3) is 0 Å². The molecule has 0 saturated carbocycles. The molecule has 2 atom stereocenters. The van der Waals surface area contributed by atoms with Gasteiger partial charge in [-0.1, -0.05) is 0 Å². The first kappa shape index (κ1) is 14.8. The molecule has 0 aromatic carbocycles. The number of rotatable bonds is 4. The van der Waals surface area contributed by atoms with Crippen LogP contribution in [0.3, 0.4) is 0 Å². The Kier molecular flexibility index (Phi) is 5.21. The predicted octanol–water partition coefficient (Wildman–Crippen LogP) is 2.22. The van der Waals surface area contributed by atoms with Crippen molar-refractivity contribution < 1.29 is 10.2 Å². The molecule has 4 heteroatoms. The van der Waals surface area contributed by atoms with Gasteiger partial charge in [0, 0.05) is 0 Å². The Morgan fingerprint density at radius 1 is 0.750 bits per heavy atom. The molecule has 2 unspecified atom stereocenters. The molecule has 100 valence electrons. The Morgan fingerprint density at radius 3 is 1.19 bits per heavy atom. The SMILES string of the molecule is CC[PH]1(CC)CC(O)[PH](CC)(CC)CC1O. The van der Waals surface area contributed by atoms with Crippen molar-refractivity contribution in [1.82, 2.24) is 0 Å². The van der Waals surface area contributed by atoms with E-state index in [1.165, 1.54) is 0 Å². The zero-order chi connectivity index (χ0) is 12.4. The van der Waals surface area contributed by atoms with Crippen molar-refractivity contribution in [3.63, 3.8) is 0 Å². The van der Waals surface area contributed by atoms with Gasteiger partial charge >= 0.3 is 101 Å². The van der Waals surface area contributed by atoms with E-state index in [2.05, 4.69) is 27.7 Å². The molecule has 0 spiro atoms. The molecule has 1 aliphatic heterocycles. The van der Waals surface area contributed by atoms with Gasteiger partial charge in [-0.15, -0.1) is 0 Å². The molecule has 2 N–H and O–H groups in total. The average molecular weight is 268 g/mol. The molecule has 0 radical (unpaired) electrons. The Morgan fingerprint density at radius 2 is 1.00 bits per heavy atom. The Balaban J connectivity index is 2.92. The molecule has 0 amide bonds. The molecule has 1 rings (SSSR count). The van der Waals surface area contributed by atoms with Crippen LogP contribution in [-0.4, -0.2) is 58.9 Å². The standard InChI is InChI=1S/C12H30O2P2/c1-5-15(6-2)9-12(14)16(7-3,8-4)10-11(15)13/h11-16H,5-10H2,1-4H3. The normalized spacial score (nSPS) is 36.6. The Hall–Kier alpha value is 0.780. The second-order valence-corrected chi connectivity index (χ2v) is 16.0. The monoisotopic (exact) mass is 268 g/mol. The van der Waals surface area contributed by atoms with Crippen molar-refractivity contribution in [3.8, 4) is 0 Å². The van der Waals surface area contributed by atoms with Gasteiger partial charge in [-0.05, 0) is 0 Å². The summed E-state index contributed by atoms with van der Waals surface area (Å²) < 4.78 is 0. The van der Waals surface area contributed by atoms with Gasteiger partial charge in [0.2, 0.25) is 0 Å². The Labute approximate surface area is 102 Å². The van der Waals surface area contributed by atoms with Crippen molar-refractivity contribution in [3.05, 3.63) is 0 Å². The third-order valence-corrected chi connectivity index (χ3v) is 17.5. The zero-order valence-corrected chi connectivity index (χ0v) is 13.3. The van der Waals surface area contributed by atoms with Crippen LogP contribution in [0.4, 0.5) is 0 Å². The first-order chi connectivity index (χ1) is 7.50. The van der Waals surface area contributed by atoms with Crippen molar-refractivity contribution >= 4 is 14.5 Å². The topological polar surface area (TPSA) is 40.5 Å². The van der Waals surface area contributed by atoms with Crippen LogP contribution in [0, 0.1) is 0 Å². The van der Waals surface area contributed by atoms with E-state index in [0.29, 0.717) is 0 Å². The van der Waals surface area contributed by atoms with E-state index >= 15 is 0 Å². The molecule has 16 heavy (non-hydrogen) atoms. The first-order valence-corrected chi connectivity index (χ1v) is 12.3. The van der Waals surface area contributed by atoms with Gasteiger partial charge in [-0.2, -0.15) is 0 Å². The Bertz CT molecular complexity index is 201. The number of aliphatic hydroxyl groups is 2. The van der Waals surface area contributed by atoms with Crippen LogP contribution in [0.15, 0.2) is 0 Å². The molecule has 0 aliphatic carbocycles. The van der Waals surface area contributed by atoms with E-state index in [0.717, 1.165) is 37.0 Å². The van der Waals surface area contributed by atoms with Gasteiger partial charge < -0.3 is 0 Å². The molecule has 1 fully saturated rings. The van der Waals surface area contributed by atoms with Crippen molar-refractivity contribution in [2.45, 2.75) is 39.4 Å². The molecule has 2 nitrogen and oxygen atoms in total. The maximum absolute atomic E-state index is 10.5. The van der Waals surface area contributed by atoms with E-state index in [-0.39, 0.29) is 11.7 Å². The van der Waals surface area contributed by atoms with Gasteiger partial charge in [0.05, 0.1) is 0 Å². The maximum atomic E-state index is 10.5. The second kappa shape index (κ2) is 5.61. The van der Waals surface area contributed by atoms with E-state index in [1.807, 2.05) is 0 Å². The van der Waals surface area contributed by atoms with Gasteiger partial charge in [-0.25, -0.2) is 0 Å². The summed E-state index contributed by atoms with van der Waals surface area (Å²) in [4.78, 5) is 0.